The molecule has 0 spiro atoms. The Morgan fingerprint density at radius 1 is 1.04 bits per heavy atom. The number of benzene rings is 3. The molecule has 0 radical (unpaired) electrons. The number of aliphatic hydroxyl groups is 1. The van der Waals surface area contributed by atoms with Gasteiger partial charge in [-0.05, 0) is 66.5 Å². The molecule has 0 aliphatic carbocycles. The van der Waals surface area contributed by atoms with E-state index in [1.165, 1.54) is 13.0 Å². The predicted molar refractivity (Wildman–Crippen MR) is 184 cm³/mol. The van der Waals surface area contributed by atoms with Crippen molar-refractivity contribution in [1.29, 1.82) is 0 Å². The summed E-state index contributed by atoms with van der Waals surface area (Å²) in [5, 5.41) is 20.6. The van der Waals surface area contributed by atoms with Gasteiger partial charge in [-0.25, -0.2) is 4.39 Å². The van der Waals surface area contributed by atoms with Gasteiger partial charge in [-0.1, -0.05) is 80.9 Å². The average Bonchev–Trinajstić information content (AvgIpc) is 3.40. The van der Waals surface area contributed by atoms with E-state index in [0.717, 1.165) is 11.1 Å². The van der Waals surface area contributed by atoms with Crippen LogP contribution in [0, 0.1) is 11.7 Å². The van der Waals surface area contributed by atoms with Gasteiger partial charge in [0, 0.05) is 26.6 Å². The van der Waals surface area contributed by atoms with E-state index in [-0.39, 0.29) is 30.7 Å². The quantitative estimate of drug-likeness (QED) is 0.173. The minimum Gasteiger partial charge on any atom is -0.497 e. The van der Waals surface area contributed by atoms with E-state index < -0.39 is 35.5 Å². The summed E-state index contributed by atoms with van der Waals surface area (Å²) in [7, 11) is 1.60. The molecule has 258 valence electrons. The van der Waals surface area contributed by atoms with E-state index >= 15 is 0 Å². The summed E-state index contributed by atoms with van der Waals surface area (Å²) in [4.78, 5) is 42.4. The Labute approximate surface area is 283 Å². The van der Waals surface area contributed by atoms with Crippen molar-refractivity contribution in [1.82, 2.24) is 20.9 Å². The zero-order valence-corrected chi connectivity index (χ0v) is 28.4. The van der Waals surface area contributed by atoms with Gasteiger partial charge in [0.05, 0.1) is 19.3 Å². The van der Waals surface area contributed by atoms with Crippen molar-refractivity contribution in [3.63, 3.8) is 0 Å². The third-order valence-electron chi connectivity index (χ3n) is 9.48. The van der Waals surface area contributed by atoms with Crippen molar-refractivity contribution in [2.24, 2.45) is 5.92 Å². The molecule has 5 atom stereocenters. The number of carbonyl (C=O) groups is 3. The normalized spacial score (nSPS) is 18.5. The van der Waals surface area contributed by atoms with E-state index in [0.29, 0.717) is 50.1 Å². The second-order valence-corrected chi connectivity index (χ2v) is 12.7. The molecule has 1 saturated heterocycles. The van der Waals surface area contributed by atoms with E-state index in [4.69, 9.17) is 4.74 Å². The number of nitrogens with zero attached hydrogens (tertiary/aromatic N) is 1. The largest absolute Gasteiger partial charge is 0.497 e. The third kappa shape index (κ3) is 9.20. The molecule has 4 rings (SSSR count). The molecule has 48 heavy (non-hydrogen) atoms. The van der Waals surface area contributed by atoms with Crippen LogP contribution in [0.2, 0.25) is 0 Å². The number of aryl methyl sites for hydroxylation is 1. The highest BCUT2D eigenvalue weighted by molar-refractivity contribution is 5.96. The second-order valence-electron chi connectivity index (χ2n) is 12.7. The summed E-state index contributed by atoms with van der Waals surface area (Å²) in [6.45, 7) is 6.16. The van der Waals surface area contributed by atoms with Crippen molar-refractivity contribution < 1.29 is 28.6 Å². The van der Waals surface area contributed by atoms with E-state index in [2.05, 4.69) is 16.0 Å². The van der Waals surface area contributed by atoms with Crippen molar-refractivity contribution >= 4 is 17.7 Å². The molecule has 3 aromatic carbocycles. The maximum absolute atomic E-state index is 14.8. The molecule has 9 nitrogen and oxygen atoms in total. The lowest BCUT2D eigenvalue weighted by atomic mass is 9.81. The molecule has 0 aromatic heterocycles. The van der Waals surface area contributed by atoms with Crippen LogP contribution in [0.3, 0.4) is 0 Å². The molecular weight excluding hydrogens is 611 g/mol. The maximum Gasteiger partial charge on any atom is 0.249 e. The van der Waals surface area contributed by atoms with Crippen molar-refractivity contribution in [3.05, 3.63) is 101 Å². The Hall–Kier alpha value is -4.28. The minimum atomic E-state index is -1.11. The molecule has 3 aromatic rings. The van der Waals surface area contributed by atoms with Crippen LogP contribution in [0.15, 0.2) is 78.9 Å². The SMILES string of the molecule is CCC(C)[C@@]1(NC(C)=O)CCN([C@@H](CCc2ccccc2)C(=O)N[C@@H](Cc2ccccc2F)[C@H](O)CNCc2cccc(OC)c2)C1=O. The Balaban J connectivity index is 1.58. The number of methoxy groups -OCH3 is 1. The number of hydrogen-bond acceptors (Lipinski definition) is 6. The van der Waals surface area contributed by atoms with E-state index in [1.54, 1.807) is 30.2 Å². The molecule has 0 saturated carbocycles. The summed E-state index contributed by atoms with van der Waals surface area (Å²) in [5.74, 6) is -0.888. The van der Waals surface area contributed by atoms with Crippen LogP contribution in [0.4, 0.5) is 4.39 Å². The molecular formula is C38H49FN4O5. The van der Waals surface area contributed by atoms with Crippen LogP contribution >= 0.6 is 0 Å². The van der Waals surface area contributed by atoms with Gasteiger partial charge in [0.25, 0.3) is 0 Å². The second kappa shape index (κ2) is 17.2. The van der Waals surface area contributed by atoms with Crippen molar-refractivity contribution in [2.75, 3.05) is 20.2 Å². The number of amides is 3. The summed E-state index contributed by atoms with van der Waals surface area (Å²) in [5.41, 5.74) is 1.21. The minimum absolute atomic E-state index is 0.0441. The lowest BCUT2D eigenvalue weighted by molar-refractivity contribution is -0.144. The maximum atomic E-state index is 14.8. The third-order valence-corrected chi connectivity index (χ3v) is 9.48. The number of nitrogens with one attached hydrogen (secondary N) is 3. The van der Waals surface area contributed by atoms with Gasteiger partial charge in [-0.3, -0.25) is 14.4 Å². The monoisotopic (exact) mass is 660 g/mol. The van der Waals surface area contributed by atoms with Crippen LogP contribution < -0.4 is 20.7 Å². The number of aliphatic hydroxyl groups excluding tert-OH is 1. The standard InChI is InChI=1S/C38H49FN4O5/c1-5-26(2)38(42-27(3)44)20-21-43(37(38)47)34(19-18-28-12-7-6-8-13-28)36(46)41-33(23-30-15-9-10-17-32(30)39)35(45)25-40-24-29-14-11-16-31(22-29)48-4/h6-17,22,26,33-35,40,45H,5,18-21,23-25H2,1-4H3,(H,41,46)(H,42,44)/t26?,33-,34-,35+,38-/m0/s1. The topological polar surface area (TPSA) is 120 Å². The number of carbonyl (C=O) groups excluding carboxylic acids is 3. The lowest BCUT2D eigenvalue weighted by Gasteiger charge is -2.36. The molecule has 0 bridgehead atoms. The lowest BCUT2D eigenvalue weighted by Crippen LogP contribution is -2.60. The molecule has 10 heteroatoms. The molecule has 1 heterocycles. The fourth-order valence-electron chi connectivity index (χ4n) is 6.55. The Morgan fingerprint density at radius 3 is 2.44 bits per heavy atom. The predicted octanol–water partition coefficient (Wildman–Crippen LogP) is 4.17. The zero-order valence-electron chi connectivity index (χ0n) is 28.4. The first-order valence-electron chi connectivity index (χ1n) is 16.8. The smallest absolute Gasteiger partial charge is 0.249 e. The Bertz CT molecular complexity index is 1520. The molecule has 1 unspecified atom stereocenters. The Kier molecular flexibility index (Phi) is 13.1. The van der Waals surface area contributed by atoms with Crippen LogP contribution in [0.1, 0.15) is 56.7 Å². The van der Waals surface area contributed by atoms with Gasteiger partial charge in [-0.2, -0.15) is 0 Å². The van der Waals surface area contributed by atoms with Gasteiger partial charge in [0.1, 0.15) is 23.1 Å². The van der Waals surface area contributed by atoms with E-state index in [1.807, 2.05) is 68.4 Å². The van der Waals surface area contributed by atoms with Crippen molar-refractivity contribution in [3.8, 4) is 5.75 Å². The molecule has 3 amide bonds. The first-order chi connectivity index (χ1) is 23.1. The number of likely N-dealkylation sites (tertiary alicyclic amines) is 1. The first kappa shape index (κ1) is 36.6. The van der Waals surface area contributed by atoms with Crippen molar-refractivity contribution in [2.45, 2.75) is 83.1 Å². The molecule has 1 aliphatic heterocycles. The number of rotatable bonds is 17. The zero-order chi connectivity index (χ0) is 34.7. The fourth-order valence-corrected chi connectivity index (χ4v) is 6.55. The van der Waals surface area contributed by atoms with Gasteiger partial charge in [0.2, 0.25) is 17.7 Å². The number of hydrogen-bond donors (Lipinski definition) is 4. The van der Waals surface area contributed by atoms with Gasteiger partial charge >= 0.3 is 0 Å². The van der Waals surface area contributed by atoms with Gasteiger partial charge < -0.3 is 30.7 Å². The highest BCUT2D eigenvalue weighted by Gasteiger charge is 2.53. The average molecular weight is 661 g/mol. The van der Waals surface area contributed by atoms with Crippen LogP contribution in [-0.2, 0) is 33.8 Å². The molecule has 1 aliphatic rings. The van der Waals surface area contributed by atoms with Gasteiger partial charge in [0.15, 0.2) is 0 Å². The summed E-state index contributed by atoms with van der Waals surface area (Å²) in [6.07, 6.45) is 0.867. The van der Waals surface area contributed by atoms with Crippen LogP contribution in [0.25, 0.3) is 0 Å². The van der Waals surface area contributed by atoms with Crippen LogP contribution in [0.5, 0.6) is 5.75 Å². The first-order valence-corrected chi connectivity index (χ1v) is 16.8. The van der Waals surface area contributed by atoms with E-state index in [9.17, 15) is 23.9 Å². The summed E-state index contributed by atoms with van der Waals surface area (Å²) >= 11 is 0. The van der Waals surface area contributed by atoms with Crippen LogP contribution in [-0.4, -0.2) is 71.7 Å². The summed E-state index contributed by atoms with van der Waals surface area (Å²) in [6, 6.07) is 21.8. The molecule has 4 N–H and O–H groups in total. The number of halogens is 1. The highest BCUT2D eigenvalue weighted by atomic mass is 19.1. The van der Waals surface area contributed by atoms with Gasteiger partial charge in [-0.15, -0.1) is 0 Å². The molecule has 1 fully saturated rings. The fraction of sp³-hybridized carbons (Fsp3) is 0.447. The Morgan fingerprint density at radius 2 is 1.75 bits per heavy atom. The number of ether oxygens (including phenoxy) is 1. The summed E-state index contributed by atoms with van der Waals surface area (Å²) < 4.78 is 20.2. The highest BCUT2D eigenvalue weighted by Crippen LogP contribution is 2.34.